The van der Waals surface area contributed by atoms with E-state index in [-0.39, 0.29) is 11.8 Å². The summed E-state index contributed by atoms with van der Waals surface area (Å²) in [7, 11) is 0. The fourth-order valence-electron chi connectivity index (χ4n) is 2.25. The summed E-state index contributed by atoms with van der Waals surface area (Å²) in [5, 5.41) is 6.43. The van der Waals surface area contributed by atoms with Crippen molar-refractivity contribution in [3.8, 4) is 0 Å². The minimum absolute atomic E-state index is 0.122. The number of hydrogen-bond acceptors (Lipinski definition) is 2. The van der Waals surface area contributed by atoms with E-state index in [1.54, 1.807) is 24.3 Å². The second-order valence-electron chi connectivity index (χ2n) is 6.31. The van der Waals surface area contributed by atoms with Crippen LogP contribution in [0.2, 0.25) is 5.02 Å². The molecule has 0 saturated heterocycles. The van der Waals surface area contributed by atoms with Gasteiger partial charge in [-0.3, -0.25) is 9.59 Å². The summed E-state index contributed by atoms with van der Waals surface area (Å²) in [4.78, 5) is 24.1. The fourth-order valence-corrected chi connectivity index (χ4v) is 2.37. The number of halogens is 1. The topological polar surface area (TPSA) is 58.2 Å². The SMILES string of the molecule is CC(C)CNC(=O)c1ccc(C(=O)NCCc2ccc(Cl)cc2)cc1. The third-order valence-corrected chi connectivity index (χ3v) is 3.94. The van der Waals surface area contributed by atoms with Gasteiger partial charge in [-0.25, -0.2) is 0 Å². The van der Waals surface area contributed by atoms with Crippen LogP contribution in [0.1, 0.15) is 40.1 Å². The molecule has 0 heterocycles. The molecule has 0 saturated carbocycles. The van der Waals surface area contributed by atoms with Crippen LogP contribution < -0.4 is 10.6 Å². The Balaban J connectivity index is 1.83. The van der Waals surface area contributed by atoms with Crippen LogP contribution in [0.5, 0.6) is 0 Å². The zero-order valence-corrected chi connectivity index (χ0v) is 15.3. The van der Waals surface area contributed by atoms with Crippen molar-refractivity contribution < 1.29 is 9.59 Å². The molecule has 2 N–H and O–H groups in total. The maximum absolute atomic E-state index is 12.2. The average Bonchev–Trinajstić information content (AvgIpc) is 2.61. The second-order valence-corrected chi connectivity index (χ2v) is 6.75. The first-order valence-corrected chi connectivity index (χ1v) is 8.74. The van der Waals surface area contributed by atoms with Crippen LogP contribution in [0.25, 0.3) is 0 Å². The molecule has 0 radical (unpaired) electrons. The number of carbonyl (C=O) groups excluding carboxylic acids is 2. The molecule has 0 fully saturated rings. The highest BCUT2D eigenvalue weighted by Gasteiger charge is 2.09. The lowest BCUT2D eigenvalue weighted by Gasteiger charge is -2.09. The zero-order chi connectivity index (χ0) is 18.2. The Morgan fingerprint density at radius 3 is 1.92 bits per heavy atom. The van der Waals surface area contributed by atoms with Crippen molar-refractivity contribution in [1.82, 2.24) is 10.6 Å². The van der Waals surface area contributed by atoms with Crippen LogP contribution in [-0.4, -0.2) is 24.9 Å². The third kappa shape index (κ3) is 6.24. The normalized spacial score (nSPS) is 10.6. The Morgan fingerprint density at radius 2 is 1.40 bits per heavy atom. The van der Waals surface area contributed by atoms with Gasteiger partial charge in [-0.1, -0.05) is 37.6 Å². The van der Waals surface area contributed by atoms with Crippen molar-refractivity contribution >= 4 is 23.4 Å². The molecule has 0 aliphatic heterocycles. The van der Waals surface area contributed by atoms with Gasteiger partial charge >= 0.3 is 0 Å². The molecule has 0 bridgehead atoms. The summed E-state index contributed by atoms with van der Waals surface area (Å²) < 4.78 is 0. The maximum atomic E-state index is 12.2. The molecule has 2 aromatic carbocycles. The zero-order valence-electron chi connectivity index (χ0n) is 14.5. The minimum atomic E-state index is -0.150. The fraction of sp³-hybridized carbons (Fsp3) is 0.300. The summed E-state index contributed by atoms with van der Waals surface area (Å²) in [5.41, 5.74) is 2.21. The molecule has 5 heteroatoms. The van der Waals surface area contributed by atoms with Gasteiger partial charge in [-0.05, 0) is 54.3 Å². The van der Waals surface area contributed by atoms with E-state index in [4.69, 9.17) is 11.6 Å². The third-order valence-electron chi connectivity index (χ3n) is 3.69. The van der Waals surface area contributed by atoms with E-state index in [1.165, 1.54) is 0 Å². The largest absolute Gasteiger partial charge is 0.352 e. The van der Waals surface area contributed by atoms with Crippen molar-refractivity contribution in [2.24, 2.45) is 5.92 Å². The Labute approximate surface area is 153 Å². The Morgan fingerprint density at radius 1 is 0.880 bits per heavy atom. The first kappa shape index (κ1) is 19.0. The molecule has 2 rings (SSSR count). The maximum Gasteiger partial charge on any atom is 0.251 e. The molecular weight excluding hydrogens is 336 g/mol. The van der Waals surface area contributed by atoms with Gasteiger partial charge in [0.1, 0.15) is 0 Å². The lowest BCUT2D eigenvalue weighted by atomic mass is 10.1. The Hall–Kier alpha value is -2.33. The lowest BCUT2D eigenvalue weighted by Crippen LogP contribution is -2.28. The number of benzene rings is 2. The van der Waals surface area contributed by atoms with Crippen LogP contribution in [0.4, 0.5) is 0 Å². The Kier molecular flexibility index (Phi) is 7.02. The number of amides is 2. The number of hydrogen-bond donors (Lipinski definition) is 2. The molecule has 0 aliphatic rings. The highest BCUT2D eigenvalue weighted by molar-refractivity contribution is 6.30. The van der Waals surface area contributed by atoms with E-state index in [0.717, 1.165) is 12.0 Å². The lowest BCUT2D eigenvalue weighted by molar-refractivity contribution is 0.0939. The summed E-state index contributed by atoms with van der Waals surface area (Å²) in [6.07, 6.45) is 0.735. The highest BCUT2D eigenvalue weighted by atomic mass is 35.5. The number of nitrogens with one attached hydrogen (secondary N) is 2. The van der Waals surface area contributed by atoms with Gasteiger partial charge in [0.05, 0.1) is 0 Å². The molecule has 4 nitrogen and oxygen atoms in total. The molecule has 2 amide bonds. The van der Waals surface area contributed by atoms with Crippen LogP contribution in [-0.2, 0) is 6.42 Å². The van der Waals surface area contributed by atoms with Gasteiger partial charge in [-0.2, -0.15) is 0 Å². The second kappa shape index (κ2) is 9.23. The van der Waals surface area contributed by atoms with E-state index in [0.29, 0.717) is 35.2 Å². The highest BCUT2D eigenvalue weighted by Crippen LogP contribution is 2.10. The standard InChI is InChI=1S/C20H23ClN2O2/c1-14(2)13-23-20(25)17-7-5-16(6-8-17)19(24)22-12-11-15-3-9-18(21)10-4-15/h3-10,14H,11-13H2,1-2H3,(H,22,24)(H,23,25). The van der Waals surface area contributed by atoms with Crippen LogP contribution >= 0.6 is 11.6 Å². The Bertz CT molecular complexity index is 709. The van der Waals surface area contributed by atoms with Crippen molar-refractivity contribution in [3.63, 3.8) is 0 Å². The van der Waals surface area contributed by atoms with Gasteiger partial charge in [-0.15, -0.1) is 0 Å². The first-order valence-electron chi connectivity index (χ1n) is 8.36. The van der Waals surface area contributed by atoms with E-state index in [2.05, 4.69) is 10.6 Å². The molecule has 132 valence electrons. The molecule has 0 spiro atoms. The smallest absolute Gasteiger partial charge is 0.251 e. The molecule has 0 unspecified atom stereocenters. The summed E-state index contributed by atoms with van der Waals surface area (Å²) in [5.74, 6) is 0.126. The summed E-state index contributed by atoms with van der Waals surface area (Å²) in [6, 6.07) is 14.2. The van der Waals surface area contributed by atoms with E-state index in [1.807, 2.05) is 38.1 Å². The predicted octanol–water partition coefficient (Wildman–Crippen LogP) is 3.70. The van der Waals surface area contributed by atoms with Crippen molar-refractivity contribution in [1.29, 1.82) is 0 Å². The van der Waals surface area contributed by atoms with Gasteiger partial charge in [0.2, 0.25) is 0 Å². The van der Waals surface area contributed by atoms with Crippen LogP contribution in [0.3, 0.4) is 0 Å². The molecule has 0 aromatic heterocycles. The molecule has 25 heavy (non-hydrogen) atoms. The minimum Gasteiger partial charge on any atom is -0.352 e. The molecule has 0 aliphatic carbocycles. The summed E-state index contributed by atoms with van der Waals surface area (Å²) in [6.45, 7) is 5.25. The van der Waals surface area contributed by atoms with Crippen molar-refractivity contribution in [2.45, 2.75) is 20.3 Å². The van der Waals surface area contributed by atoms with Crippen molar-refractivity contribution in [3.05, 3.63) is 70.2 Å². The van der Waals surface area contributed by atoms with Gasteiger partial charge < -0.3 is 10.6 Å². The van der Waals surface area contributed by atoms with Crippen LogP contribution in [0.15, 0.2) is 48.5 Å². The van der Waals surface area contributed by atoms with E-state index >= 15 is 0 Å². The van der Waals surface area contributed by atoms with E-state index in [9.17, 15) is 9.59 Å². The predicted molar refractivity (Wildman–Crippen MR) is 101 cm³/mol. The van der Waals surface area contributed by atoms with Crippen molar-refractivity contribution in [2.75, 3.05) is 13.1 Å². The number of carbonyl (C=O) groups is 2. The monoisotopic (exact) mass is 358 g/mol. The quantitative estimate of drug-likeness (QED) is 0.792. The summed E-state index contributed by atoms with van der Waals surface area (Å²) >= 11 is 5.85. The number of rotatable bonds is 7. The van der Waals surface area contributed by atoms with Gasteiger partial charge in [0.15, 0.2) is 0 Å². The molecular formula is C20H23ClN2O2. The molecule has 2 aromatic rings. The first-order chi connectivity index (χ1) is 12.0. The van der Waals surface area contributed by atoms with Gasteiger partial charge in [0.25, 0.3) is 11.8 Å². The molecule has 0 atom stereocenters. The van der Waals surface area contributed by atoms with Gasteiger partial charge in [0, 0.05) is 29.2 Å². The van der Waals surface area contributed by atoms with Crippen LogP contribution in [0, 0.1) is 5.92 Å². The average molecular weight is 359 g/mol. The van der Waals surface area contributed by atoms with E-state index < -0.39 is 0 Å².